The van der Waals surface area contributed by atoms with Crippen molar-refractivity contribution in [3.8, 4) is 5.75 Å². The molecule has 0 fully saturated rings. The molecule has 4 heteroatoms. The molecule has 1 aliphatic carbocycles. The van der Waals surface area contributed by atoms with Gasteiger partial charge in [-0.3, -0.25) is 0 Å². The van der Waals surface area contributed by atoms with Gasteiger partial charge in [-0.1, -0.05) is 5.75 Å². The van der Waals surface area contributed by atoms with Crippen LogP contribution in [-0.2, 0) is 19.4 Å². The number of nitrogens with one attached hydrogen (secondary N) is 1. The molecule has 0 unspecified atom stereocenters. The van der Waals surface area contributed by atoms with Crippen LogP contribution in [-0.4, -0.2) is 13.1 Å². The summed E-state index contributed by atoms with van der Waals surface area (Å²) < 4.78 is 5.47. The Morgan fingerprint density at radius 3 is 2.59 bits per heavy atom. The van der Waals surface area contributed by atoms with Crippen molar-refractivity contribution in [2.45, 2.75) is 46.6 Å². The average Bonchev–Trinajstić information content (AvgIpc) is 3.01. The Kier molecular flexibility index (Phi) is 3.96. The van der Waals surface area contributed by atoms with E-state index in [0.717, 1.165) is 61.0 Å². The summed E-state index contributed by atoms with van der Waals surface area (Å²) in [6.45, 7) is 8.76. The lowest BCUT2D eigenvalue weighted by atomic mass is 9.99. The van der Waals surface area contributed by atoms with Gasteiger partial charge in [0, 0.05) is 10.9 Å². The van der Waals surface area contributed by atoms with Crippen LogP contribution in [0.5, 0.6) is 5.75 Å². The molecule has 1 aromatic carbocycles. The standard InChI is InChI=1S/C18H23NO3/c1-4-19(5-2)10-12-9-15-13-7-6-8-14(13)18(21)22-17(15)11(3)16(12)20/h9,20H,4-8,10H2,1-3H3. The molecule has 1 aromatic heterocycles. The van der Waals surface area contributed by atoms with E-state index in [1.165, 1.54) is 4.90 Å². The molecule has 118 valence electrons. The van der Waals surface area contributed by atoms with E-state index in [-0.39, 0.29) is 11.4 Å². The van der Waals surface area contributed by atoms with Gasteiger partial charge in [0.15, 0.2) is 0 Å². The molecule has 1 aliphatic rings. The Hall–Kier alpha value is -1.81. The molecule has 3 rings (SSSR count). The lowest BCUT2D eigenvalue weighted by Gasteiger charge is -2.22. The summed E-state index contributed by atoms with van der Waals surface area (Å²) in [6, 6.07) is 1.98. The Labute approximate surface area is 130 Å². The predicted octanol–water partition coefficient (Wildman–Crippen LogP) is 1.09. The van der Waals surface area contributed by atoms with Crippen molar-refractivity contribution in [3.63, 3.8) is 0 Å². The second-order valence-corrected chi connectivity index (χ2v) is 6.20. The molecule has 0 radical (unpaired) electrons. The molecule has 22 heavy (non-hydrogen) atoms. The molecular formula is C18H23NO3. The maximum absolute atomic E-state index is 12.6. The molecule has 0 amide bonds. The Morgan fingerprint density at radius 2 is 1.91 bits per heavy atom. The highest BCUT2D eigenvalue weighted by atomic mass is 16.4. The third-order valence-corrected chi connectivity index (χ3v) is 4.96. The van der Waals surface area contributed by atoms with Crippen molar-refractivity contribution in [1.82, 2.24) is 0 Å². The van der Waals surface area contributed by atoms with Crippen LogP contribution in [0.15, 0.2) is 15.3 Å². The van der Waals surface area contributed by atoms with Gasteiger partial charge in [0.25, 0.3) is 0 Å². The second kappa shape index (κ2) is 5.76. The molecule has 4 nitrogen and oxygen atoms in total. The van der Waals surface area contributed by atoms with E-state index in [4.69, 9.17) is 4.42 Å². The Balaban J connectivity index is 2.22. The van der Waals surface area contributed by atoms with Crippen LogP contribution in [0.1, 0.15) is 42.5 Å². The highest BCUT2D eigenvalue weighted by Gasteiger charge is 2.21. The number of aryl methyl sites for hydroxylation is 2. The topological polar surface area (TPSA) is 57.7 Å². The summed E-state index contributed by atoms with van der Waals surface area (Å²) in [4.78, 5) is 13.5. The third-order valence-electron chi connectivity index (χ3n) is 4.96. The summed E-state index contributed by atoms with van der Waals surface area (Å²) in [5.41, 5.74) is 3.56. The molecule has 1 heterocycles. The minimum Gasteiger partial charge on any atom is -0.872 e. The molecule has 1 N–H and O–H groups in total. The first-order valence-corrected chi connectivity index (χ1v) is 8.18. The Bertz CT molecular complexity index is 772. The van der Waals surface area contributed by atoms with Crippen LogP contribution in [0.4, 0.5) is 0 Å². The van der Waals surface area contributed by atoms with Gasteiger partial charge in [-0.2, -0.15) is 0 Å². The highest BCUT2D eigenvalue weighted by molar-refractivity contribution is 5.87. The van der Waals surface area contributed by atoms with Crippen LogP contribution in [0.2, 0.25) is 0 Å². The monoisotopic (exact) mass is 301 g/mol. The van der Waals surface area contributed by atoms with Crippen molar-refractivity contribution in [2.75, 3.05) is 13.1 Å². The average molecular weight is 301 g/mol. The van der Waals surface area contributed by atoms with Gasteiger partial charge >= 0.3 is 5.63 Å². The van der Waals surface area contributed by atoms with Crippen molar-refractivity contribution < 1.29 is 14.4 Å². The molecule has 2 aromatic rings. The summed E-state index contributed by atoms with van der Waals surface area (Å²) in [5, 5.41) is 13.6. The van der Waals surface area contributed by atoms with Gasteiger partial charge in [-0.05, 0) is 62.8 Å². The lowest BCUT2D eigenvalue weighted by Crippen LogP contribution is -3.10. The van der Waals surface area contributed by atoms with Gasteiger partial charge in [0.2, 0.25) is 0 Å². The van der Waals surface area contributed by atoms with E-state index < -0.39 is 0 Å². The van der Waals surface area contributed by atoms with Crippen LogP contribution < -0.4 is 15.6 Å². The second-order valence-electron chi connectivity index (χ2n) is 6.20. The minimum atomic E-state index is -0.260. The van der Waals surface area contributed by atoms with Crippen molar-refractivity contribution in [2.24, 2.45) is 0 Å². The maximum atomic E-state index is 12.6. The predicted molar refractivity (Wildman–Crippen MR) is 84.4 cm³/mol. The quantitative estimate of drug-likeness (QED) is 0.860. The minimum absolute atomic E-state index is 0.0213. The molecule has 0 aliphatic heterocycles. The fourth-order valence-corrected chi connectivity index (χ4v) is 3.53. The largest absolute Gasteiger partial charge is 0.872 e. The van der Waals surface area contributed by atoms with Gasteiger partial charge in [-0.15, -0.1) is 0 Å². The lowest BCUT2D eigenvalue weighted by molar-refractivity contribution is -0.910. The number of fused-ring (bicyclic) bond motifs is 3. The highest BCUT2D eigenvalue weighted by Crippen LogP contribution is 2.33. The first-order chi connectivity index (χ1) is 10.6. The van der Waals surface area contributed by atoms with E-state index >= 15 is 0 Å². The summed E-state index contributed by atoms with van der Waals surface area (Å²) in [6.07, 6.45) is 2.70. The zero-order chi connectivity index (χ0) is 15.9. The van der Waals surface area contributed by atoms with Gasteiger partial charge in [0.1, 0.15) is 12.1 Å². The van der Waals surface area contributed by atoms with Crippen LogP contribution >= 0.6 is 0 Å². The number of hydrogen-bond acceptors (Lipinski definition) is 3. The number of quaternary nitrogens is 1. The van der Waals surface area contributed by atoms with Crippen LogP contribution in [0.3, 0.4) is 0 Å². The fraction of sp³-hybridized carbons (Fsp3) is 0.500. The van der Waals surface area contributed by atoms with Gasteiger partial charge in [0.05, 0.1) is 13.1 Å². The molecule has 0 atom stereocenters. The normalized spacial score (nSPS) is 14.0. The number of hydrogen-bond donors (Lipinski definition) is 1. The van der Waals surface area contributed by atoms with Gasteiger partial charge in [-0.25, -0.2) is 4.79 Å². The molecule has 0 saturated carbocycles. The number of rotatable bonds is 4. The van der Waals surface area contributed by atoms with E-state index in [2.05, 4.69) is 13.8 Å². The van der Waals surface area contributed by atoms with Crippen LogP contribution in [0, 0.1) is 6.92 Å². The zero-order valence-electron chi connectivity index (χ0n) is 13.5. The molecule has 0 bridgehead atoms. The van der Waals surface area contributed by atoms with E-state index in [1.54, 1.807) is 6.92 Å². The first-order valence-electron chi connectivity index (χ1n) is 8.18. The van der Waals surface area contributed by atoms with E-state index in [1.807, 2.05) is 6.07 Å². The molecular weight excluding hydrogens is 278 g/mol. The van der Waals surface area contributed by atoms with Crippen molar-refractivity contribution in [1.29, 1.82) is 0 Å². The smallest absolute Gasteiger partial charge is 0.339 e. The van der Waals surface area contributed by atoms with Crippen LogP contribution in [0.25, 0.3) is 11.0 Å². The molecule has 0 spiro atoms. The van der Waals surface area contributed by atoms with Crippen molar-refractivity contribution in [3.05, 3.63) is 38.7 Å². The van der Waals surface area contributed by atoms with Gasteiger partial charge < -0.3 is 14.4 Å². The maximum Gasteiger partial charge on any atom is 0.339 e. The zero-order valence-corrected chi connectivity index (χ0v) is 13.5. The molecule has 0 saturated heterocycles. The number of benzene rings is 1. The fourth-order valence-electron chi connectivity index (χ4n) is 3.53. The summed E-state index contributed by atoms with van der Waals surface area (Å²) in [5.74, 6) is 0.0213. The first kappa shape index (κ1) is 15.1. The Morgan fingerprint density at radius 1 is 1.23 bits per heavy atom. The van der Waals surface area contributed by atoms with E-state index in [0.29, 0.717) is 11.1 Å². The van der Waals surface area contributed by atoms with Crippen molar-refractivity contribution >= 4 is 11.0 Å². The van der Waals surface area contributed by atoms with E-state index in [9.17, 15) is 9.90 Å². The third kappa shape index (κ3) is 2.31. The summed E-state index contributed by atoms with van der Waals surface area (Å²) >= 11 is 0. The SMILES string of the molecule is CC[NH+](CC)Cc1cc2c3c(c(=O)oc2c(C)c1[O-])CCC3. The summed E-state index contributed by atoms with van der Waals surface area (Å²) in [7, 11) is 0.